The summed E-state index contributed by atoms with van der Waals surface area (Å²) in [4.78, 5) is 5.51. The van der Waals surface area contributed by atoms with Gasteiger partial charge in [-0.15, -0.1) is 11.3 Å². The van der Waals surface area contributed by atoms with Crippen molar-refractivity contribution in [2.24, 2.45) is 0 Å². The van der Waals surface area contributed by atoms with Gasteiger partial charge in [-0.2, -0.15) is 0 Å². The van der Waals surface area contributed by atoms with E-state index >= 15 is 0 Å². The lowest BCUT2D eigenvalue weighted by molar-refractivity contribution is 0.621. The minimum absolute atomic E-state index is 0.239. The van der Waals surface area contributed by atoms with Gasteiger partial charge in [0, 0.05) is 10.9 Å². The molecule has 0 spiro atoms. The van der Waals surface area contributed by atoms with Crippen LogP contribution in [-0.4, -0.2) is 9.55 Å². The van der Waals surface area contributed by atoms with Crippen molar-refractivity contribution in [3.8, 4) is 0 Å². The summed E-state index contributed by atoms with van der Waals surface area (Å²) in [6.45, 7) is 2.69. The van der Waals surface area contributed by atoms with E-state index in [1.807, 2.05) is 32.5 Å². The van der Waals surface area contributed by atoms with Gasteiger partial charge >= 0.3 is 0 Å². The summed E-state index contributed by atoms with van der Waals surface area (Å²) < 4.78 is 16.1. The molecule has 98 valence electrons. The summed E-state index contributed by atoms with van der Waals surface area (Å²) in [6.07, 6.45) is 0. The summed E-state index contributed by atoms with van der Waals surface area (Å²) >= 11 is 3.63. The van der Waals surface area contributed by atoms with Gasteiger partial charge in [-0.1, -0.05) is 0 Å². The van der Waals surface area contributed by atoms with Crippen LogP contribution >= 0.6 is 33.9 Å². The number of anilines is 1. The zero-order chi connectivity index (χ0) is 13.6. The fraction of sp³-hybridized carbons (Fsp3) is 0.154. The normalized spacial score (nSPS) is 11.3. The fourth-order valence-electron chi connectivity index (χ4n) is 2.01. The number of benzene rings is 1. The predicted octanol–water partition coefficient (Wildman–Crippen LogP) is 3.78. The highest BCUT2D eigenvalue weighted by Crippen LogP contribution is 2.25. The zero-order valence-electron chi connectivity index (χ0n) is 10.2. The average Bonchev–Trinajstić information content (AvgIpc) is 2.88. The number of fused-ring (bicyclic) bond motifs is 1. The number of halogens is 2. The number of imidazole rings is 1. The van der Waals surface area contributed by atoms with Crippen LogP contribution in [0, 0.1) is 16.3 Å². The predicted molar refractivity (Wildman–Crippen MR) is 85.0 cm³/mol. The maximum atomic E-state index is 13.7. The van der Waals surface area contributed by atoms with Crippen LogP contribution in [0.25, 0.3) is 11.0 Å². The lowest BCUT2D eigenvalue weighted by Gasteiger charge is -2.06. The second-order valence-electron chi connectivity index (χ2n) is 4.34. The molecule has 0 atom stereocenters. The third-order valence-corrected chi connectivity index (χ3v) is 4.92. The summed E-state index contributed by atoms with van der Waals surface area (Å²) in [6, 6.07) is 5.29. The number of aromatic nitrogens is 2. The molecule has 3 aromatic rings. The Kier molecular flexibility index (Phi) is 3.22. The molecule has 0 radical (unpaired) electrons. The van der Waals surface area contributed by atoms with Gasteiger partial charge in [0.25, 0.3) is 0 Å². The second kappa shape index (κ2) is 4.75. The molecule has 0 amide bonds. The number of aryl methyl sites for hydroxylation is 1. The van der Waals surface area contributed by atoms with E-state index in [9.17, 15) is 4.39 Å². The van der Waals surface area contributed by atoms with Crippen LogP contribution in [-0.2, 0) is 6.54 Å². The molecule has 0 unspecified atom stereocenters. The fourth-order valence-corrected chi connectivity index (χ4v) is 3.36. The van der Waals surface area contributed by atoms with Crippen molar-refractivity contribution < 1.29 is 4.39 Å². The molecule has 6 heteroatoms. The Hall–Kier alpha value is -1.15. The van der Waals surface area contributed by atoms with Crippen molar-refractivity contribution in [3.05, 3.63) is 43.4 Å². The minimum Gasteiger partial charge on any atom is -0.369 e. The molecule has 2 N–H and O–H groups in total. The van der Waals surface area contributed by atoms with E-state index in [-0.39, 0.29) is 5.82 Å². The second-order valence-corrected chi connectivity index (χ2v) is 6.50. The number of nitrogens with zero attached hydrogens (tertiary/aromatic N) is 2. The molecule has 0 fully saturated rings. The minimum atomic E-state index is -0.239. The van der Waals surface area contributed by atoms with E-state index in [1.165, 1.54) is 16.5 Å². The number of nitrogen functional groups attached to an aromatic ring is 1. The Balaban J connectivity index is 2.15. The van der Waals surface area contributed by atoms with Crippen LogP contribution in [0.5, 0.6) is 0 Å². The molecule has 0 bridgehead atoms. The molecule has 3 rings (SSSR count). The van der Waals surface area contributed by atoms with Crippen molar-refractivity contribution in [2.45, 2.75) is 13.5 Å². The van der Waals surface area contributed by atoms with Gasteiger partial charge in [-0.25, -0.2) is 9.37 Å². The van der Waals surface area contributed by atoms with Gasteiger partial charge < -0.3 is 10.3 Å². The van der Waals surface area contributed by atoms with E-state index in [0.717, 1.165) is 11.0 Å². The molecular weight excluding hydrogens is 376 g/mol. The maximum Gasteiger partial charge on any atom is 0.201 e. The molecule has 0 aliphatic carbocycles. The zero-order valence-corrected chi connectivity index (χ0v) is 13.1. The highest BCUT2D eigenvalue weighted by atomic mass is 127. The Labute approximate surface area is 127 Å². The summed E-state index contributed by atoms with van der Waals surface area (Å²) in [5.74, 6) is 0.182. The van der Waals surface area contributed by atoms with Gasteiger partial charge in [-0.3, -0.25) is 0 Å². The Morgan fingerprint density at radius 3 is 2.95 bits per heavy atom. The van der Waals surface area contributed by atoms with E-state index in [2.05, 4.69) is 18.0 Å². The smallest absolute Gasteiger partial charge is 0.201 e. The third kappa shape index (κ3) is 2.23. The number of nitrogens with two attached hydrogens (primary N) is 1. The van der Waals surface area contributed by atoms with Crippen LogP contribution < -0.4 is 5.73 Å². The lowest BCUT2D eigenvalue weighted by atomic mass is 10.2. The molecule has 0 aliphatic rings. The van der Waals surface area contributed by atoms with Crippen molar-refractivity contribution in [1.29, 1.82) is 0 Å². The maximum absolute atomic E-state index is 13.7. The van der Waals surface area contributed by atoms with Crippen molar-refractivity contribution in [3.63, 3.8) is 0 Å². The molecule has 0 saturated carbocycles. The van der Waals surface area contributed by atoms with Gasteiger partial charge in [-0.05, 0) is 52.6 Å². The van der Waals surface area contributed by atoms with E-state index in [1.54, 1.807) is 17.4 Å². The Morgan fingerprint density at radius 2 is 2.26 bits per heavy atom. The molecule has 19 heavy (non-hydrogen) atoms. The molecular formula is C13H11FIN3S. The molecule has 0 aliphatic heterocycles. The average molecular weight is 387 g/mol. The van der Waals surface area contributed by atoms with Gasteiger partial charge in [0.15, 0.2) is 0 Å². The van der Waals surface area contributed by atoms with Crippen LogP contribution in [0.4, 0.5) is 10.3 Å². The Bertz CT molecular complexity index is 763. The summed E-state index contributed by atoms with van der Waals surface area (Å²) in [5.41, 5.74) is 8.64. The van der Waals surface area contributed by atoms with Crippen molar-refractivity contribution >= 4 is 50.9 Å². The van der Waals surface area contributed by atoms with Crippen LogP contribution in [0.1, 0.15) is 10.4 Å². The van der Waals surface area contributed by atoms with Crippen LogP contribution in [0.15, 0.2) is 23.6 Å². The molecule has 3 nitrogen and oxygen atoms in total. The van der Waals surface area contributed by atoms with Crippen LogP contribution in [0.2, 0.25) is 0 Å². The first-order valence-corrected chi connectivity index (χ1v) is 7.66. The van der Waals surface area contributed by atoms with E-state index < -0.39 is 0 Å². The van der Waals surface area contributed by atoms with Crippen LogP contribution in [0.3, 0.4) is 0 Å². The quantitative estimate of drug-likeness (QED) is 0.681. The highest BCUT2D eigenvalue weighted by Gasteiger charge is 2.13. The SMILES string of the molecule is Cc1ccsc1Cn1c(N)nc2cc(I)c(F)cc21. The third-order valence-electron chi connectivity index (χ3n) is 3.09. The first-order chi connectivity index (χ1) is 9.06. The first kappa shape index (κ1) is 12.9. The van der Waals surface area contributed by atoms with Gasteiger partial charge in [0.1, 0.15) is 5.82 Å². The van der Waals surface area contributed by atoms with E-state index in [0.29, 0.717) is 16.1 Å². The topological polar surface area (TPSA) is 43.8 Å². The monoisotopic (exact) mass is 387 g/mol. The number of thiophene rings is 1. The van der Waals surface area contributed by atoms with Gasteiger partial charge in [0.2, 0.25) is 5.95 Å². The van der Waals surface area contributed by atoms with Crippen molar-refractivity contribution in [1.82, 2.24) is 9.55 Å². The highest BCUT2D eigenvalue weighted by molar-refractivity contribution is 14.1. The number of hydrogen-bond donors (Lipinski definition) is 1. The molecule has 1 aromatic carbocycles. The molecule has 0 saturated heterocycles. The lowest BCUT2D eigenvalue weighted by Crippen LogP contribution is -2.04. The van der Waals surface area contributed by atoms with Gasteiger partial charge in [0.05, 0.1) is 21.1 Å². The standard InChI is InChI=1S/C13H11FIN3S/c1-7-2-3-19-12(7)6-18-11-4-8(14)9(15)5-10(11)17-13(18)16/h2-5H,6H2,1H3,(H2,16,17). The van der Waals surface area contributed by atoms with Crippen molar-refractivity contribution in [2.75, 3.05) is 5.73 Å². The first-order valence-electron chi connectivity index (χ1n) is 5.70. The largest absolute Gasteiger partial charge is 0.369 e. The molecule has 2 heterocycles. The summed E-state index contributed by atoms with van der Waals surface area (Å²) in [7, 11) is 0. The van der Waals surface area contributed by atoms with E-state index in [4.69, 9.17) is 5.73 Å². The summed E-state index contributed by atoms with van der Waals surface area (Å²) in [5, 5.41) is 2.05. The number of rotatable bonds is 2. The molecule has 2 aromatic heterocycles. The Morgan fingerprint density at radius 1 is 1.47 bits per heavy atom. The number of hydrogen-bond acceptors (Lipinski definition) is 3.